The Morgan fingerprint density at radius 1 is 1.13 bits per heavy atom. The van der Waals surface area contributed by atoms with Crippen LogP contribution in [-0.2, 0) is 16.6 Å². The molecule has 5 aromatic rings. The zero-order valence-corrected chi connectivity index (χ0v) is 21.5. The number of fused-ring (bicyclic) bond motifs is 4. The van der Waals surface area contributed by atoms with Crippen molar-refractivity contribution < 1.29 is 12.3 Å². The maximum absolute atomic E-state index is 14.0. The third-order valence-corrected chi connectivity index (χ3v) is 8.29. The fourth-order valence-corrected chi connectivity index (χ4v) is 6.11. The number of aromatic nitrogens is 3. The molecule has 0 spiro atoms. The van der Waals surface area contributed by atoms with Crippen molar-refractivity contribution in [3.8, 4) is 23.5 Å². The average molecular weight is 529 g/mol. The minimum absolute atomic E-state index is 0.0839. The number of piperidine rings is 1. The van der Waals surface area contributed by atoms with Crippen molar-refractivity contribution in [3.05, 3.63) is 70.1 Å². The van der Waals surface area contributed by atoms with E-state index in [2.05, 4.69) is 25.8 Å². The molecule has 4 heterocycles. The van der Waals surface area contributed by atoms with E-state index in [4.69, 9.17) is 6.42 Å². The first-order chi connectivity index (χ1) is 18.3. The van der Waals surface area contributed by atoms with Crippen LogP contribution in [0.4, 0.5) is 3.89 Å². The summed E-state index contributed by atoms with van der Waals surface area (Å²) < 4.78 is 39.2. The normalized spacial score (nSPS) is 14.9. The molecule has 0 atom stereocenters. The van der Waals surface area contributed by atoms with Gasteiger partial charge in [-0.1, -0.05) is 18.9 Å². The van der Waals surface area contributed by atoms with Gasteiger partial charge in [0.05, 0.1) is 10.9 Å². The first kappa shape index (κ1) is 24.3. The van der Waals surface area contributed by atoms with Crippen molar-refractivity contribution in [1.82, 2.24) is 19.9 Å². The standard InChI is InChI=1S/C29H25FN4O3S/c1-3-17-5-6-22-25(11-17)33-29-27(22)28(35)24-13-18(4-2)23(19-12-21(16-32-15-19)38(30,36)37)14-26(24)34(29)20-7-9-31-10-8-20/h1,5-6,11-16,20,31,33H,4,7-10H2,2H3. The molecule has 2 aromatic carbocycles. The minimum atomic E-state index is -4.92. The van der Waals surface area contributed by atoms with Crippen molar-refractivity contribution in [2.75, 3.05) is 13.1 Å². The summed E-state index contributed by atoms with van der Waals surface area (Å²) in [5.74, 6) is 2.66. The van der Waals surface area contributed by atoms with E-state index in [-0.39, 0.29) is 11.5 Å². The van der Waals surface area contributed by atoms with Crippen LogP contribution in [0.5, 0.6) is 0 Å². The van der Waals surface area contributed by atoms with E-state index in [1.165, 1.54) is 12.3 Å². The lowest BCUT2D eigenvalue weighted by Gasteiger charge is -2.28. The third kappa shape index (κ3) is 3.88. The van der Waals surface area contributed by atoms with Crippen molar-refractivity contribution in [3.63, 3.8) is 0 Å². The number of pyridine rings is 2. The fourth-order valence-electron chi connectivity index (χ4n) is 5.66. The van der Waals surface area contributed by atoms with Gasteiger partial charge in [0, 0.05) is 45.9 Å². The highest BCUT2D eigenvalue weighted by molar-refractivity contribution is 7.86. The van der Waals surface area contributed by atoms with Crippen LogP contribution in [0.25, 0.3) is 44.0 Å². The Labute approximate surface area is 218 Å². The molecule has 7 nitrogen and oxygen atoms in total. The highest BCUT2D eigenvalue weighted by atomic mass is 32.3. The lowest BCUT2D eigenvalue weighted by molar-refractivity contribution is 0.381. The molecule has 6 rings (SSSR count). The van der Waals surface area contributed by atoms with Crippen molar-refractivity contribution in [2.45, 2.75) is 37.1 Å². The molecule has 3 aromatic heterocycles. The van der Waals surface area contributed by atoms with Gasteiger partial charge in [-0.15, -0.1) is 10.3 Å². The van der Waals surface area contributed by atoms with E-state index in [1.807, 2.05) is 37.3 Å². The van der Waals surface area contributed by atoms with Crippen LogP contribution in [0, 0.1) is 12.3 Å². The predicted molar refractivity (Wildman–Crippen MR) is 148 cm³/mol. The Morgan fingerprint density at radius 2 is 1.92 bits per heavy atom. The summed E-state index contributed by atoms with van der Waals surface area (Å²) in [6.07, 6.45) is 10.5. The maximum atomic E-state index is 14.0. The number of H-pyrrole nitrogens is 1. The van der Waals surface area contributed by atoms with Crippen LogP contribution < -0.4 is 10.7 Å². The first-order valence-electron chi connectivity index (χ1n) is 12.5. The van der Waals surface area contributed by atoms with E-state index >= 15 is 0 Å². The van der Waals surface area contributed by atoms with Crippen LogP contribution in [0.15, 0.2) is 58.5 Å². The summed E-state index contributed by atoms with van der Waals surface area (Å²) >= 11 is 0. The van der Waals surface area contributed by atoms with E-state index < -0.39 is 15.1 Å². The molecule has 0 amide bonds. The van der Waals surface area contributed by atoms with Gasteiger partial charge in [0.15, 0.2) is 5.43 Å². The molecule has 9 heteroatoms. The third-order valence-electron chi connectivity index (χ3n) is 7.50. The molecular formula is C29H25FN4O3S. The molecule has 1 fully saturated rings. The van der Waals surface area contributed by atoms with Gasteiger partial charge in [0.2, 0.25) is 0 Å². The molecule has 1 aliphatic rings. The van der Waals surface area contributed by atoms with Crippen molar-refractivity contribution in [1.29, 1.82) is 0 Å². The average Bonchev–Trinajstić information content (AvgIpc) is 3.31. The lowest BCUT2D eigenvalue weighted by atomic mass is 9.95. The smallest absolute Gasteiger partial charge is 0.333 e. The quantitative estimate of drug-likeness (QED) is 0.257. The number of aromatic amines is 1. The minimum Gasteiger partial charge on any atom is -0.340 e. The van der Waals surface area contributed by atoms with Crippen LogP contribution in [-0.4, -0.2) is 36.0 Å². The maximum Gasteiger partial charge on any atom is 0.333 e. The van der Waals surface area contributed by atoms with Gasteiger partial charge in [-0.25, -0.2) is 0 Å². The SMILES string of the molecule is C#Cc1ccc2c(c1)[nH]c1c2c(=O)c2cc(CC)c(-c3cncc(S(=O)(=O)F)c3)cc2n1C1CCNCC1. The van der Waals surface area contributed by atoms with Crippen LogP contribution in [0.1, 0.15) is 36.9 Å². The zero-order valence-electron chi connectivity index (χ0n) is 20.7. The molecular weight excluding hydrogens is 503 g/mol. The summed E-state index contributed by atoms with van der Waals surface area (Å²) in [6.45, 7) is 3.66. The summed E-state index contributed by atoms with van der Waals surface area (Å²) in [6, 6.07) is 10.8. The number of terminal acetylenes is 1. The number of nitrogens with zero attached hydrogens (tertiary/aromatic N) is 2. The monoisotopic (exact) mass is 528 g/mol. The Balaban J connectivity index is 1.74. The van der Waals surface area contributed by atoms with Gasteiger partial charge in [0.25, 0.3) is 0 Å². The van der Waals surface area contributed by atoms with Crippen molar-refractivity contribution >= 4 is 43.1 Å². The van der Waals surface area contributed by atoms with E-state index in [1.54, 1.807) is 0 Å². The summed E-state index contributed by atoms with van der Waals surface area (Å²) in [4.78, 5) is 21.0. The largest absolute Gasteiger partial charge is 0.340 e. The molecule has 0 bridgehead atoms. The summed E-state index contributed by atoms with van der Waals surface area (Å²) in [5, 5.41) is 5.43. The van der Waals surface area contributed by atoms with Crippen LogP contribution in [0.2, 0.25) is 0 Å². The van der Waals surface area contributed by atoms with Gasteiger partial charge in [-0.05, 0) is 73.8 Å². The number of benzene rings is 2. The van der Waals surface area contributed by atoms with Gasteiger partial charge in [-0.3, -0.25) is 9.78 Å². The fraction of sp³-hybridized carbons (Fsp3) is 0.241. The molecule has 0 unspecified atom stereocenters. The van der Waals surface area contributed by atoms with Gasteiger partial charge in [0.1, 0.15) is 10.5 Å². The van der Waals surface area contributed by atoms with Gasteiger partial charge in [-0.2, -0.15) is 8.42 Å². The molecule has 2 N–H and O–H groups in total. The highest BCUT2D eigenvalue weighted by Crippen LogP contribution is 2.36. The molecule has 1 saturated heterocycles. The van der Waals surface area contributed by atoms with E-state index in [9.17, 15) is 17.1 Å². The summed E-state index contributed by atoms with van der Waals surface area (Å²) in [7, 11) is -4.92. The van der Waals surface area contributed by atoms with Gasteiger partial charge >= 0.3 is 10.2 Å². The first-order valence-corrected chi connectivity index (χ1v) is 13.9. The highest BCUT2D eigenvalue weighted by Gasteiger charge is 2.24. The van der Waals surface area contributed by atoms with E-state index in [0.717, 1.165) is 65.3 Å². The second-order valence-electron chi connectivity index (χ2n) is 9.66. The molecule has 0 saturated carbocycles. The number of nitrogens with one attached hydrogen (secondary N) is 2. The molecule has 38 heavy (non-hydrogen) atoms. The molecule has 192 valence electrons. The predicted octanol–water partition coefficient (Wildman–Crippen LogP) is 4.82. The molecule has 0 aliphatic carbocycles. The lowest BCUT2D eigenvalue weighted by Crippen LogP contribution is -2.30. The number of halogens is 1. The summed E-state index contributed by atoms with van der Waals surface area (Å²) in [5.41, 5.74) is 4.93. The topological polar surface area (TPSA) is 96.8 Å². The Bertz CT molecular complexity index is 1960. The number of hydrogen-bond donors (Lipinski definition) is 2. The number of aryl methyl sites for hydroxylation is 1. The number of rotatable bonds is 4. The van der Waals surface area contributed by atoms with Crippen molar-refractivity contribution in [2.24, 2.45) is 0 Å². The van der Waals surface area contributed by atoms with Crippen LogP contribution in [0.3, 0.4) is 0 Å². The second-order valence-corrected chi connectivity index (χ2v) is 11.0. The zero-order chi connectivity index (χ0) is 26.6. The van der Waals surface area contributed by atoms with Crippen LogP contribution >= 0.6 is 0 Å². The Hall–Kier alpha value is -4.00. The second kappa shape index (κ2) is 9.08. The van der Waals surface area contributed by atoms with Gasteiger partial charge < -0.3 is 14.9 Å². The molecule has 1 aliphatic heterocycles. The Morgan fingerprint density at radius 3 is 2.63 bits per heavy atom. The molecule has 0 radical (unpaired) electrons. The Kier molecular flexibility index (Phi) is 5.82. The number of hydrogen-bond acceptors (Lipinski definition) is 5. The van der Waals surface area contributed by atoms with E-state index in [0.29, 0.717) is 28.3 Å².